The summed E-state index contributed by atoms with van der Waals surface area (Å²) in [5.41, 5.74) is -0.711. The topological polar surface area (TPSA) is 76.2 Å². The van der Waals surface area contributed by atoms with E-state index in [1.807, 2.05) is 0 Å². The first-order valence-electron chi connectivity index (χ1n) is 7.79. The Morgan fingerprint density at radius 2 is 2.05 bits per heavy atom. The molecule has 0 spiro atoms. The number of hydrogen-bond donors (Lipinski definition) is 1. The lowest BCUT2D eigenvalue weighted by molar-refractivity contribution is -0.150. The predicted molar refractivity (Wildman–Crippen MR) is 82.2 cm³/mol. The van der Waals surface area contributed by atoms with Crippen molar-refractivity contribution in [2.45, 2.75) is 64.0 Å². The number of carbonyl (C=O) groups is 1. The third-order valence-electron chi connectivity index (χ3n) is 4.09. The summed E-state index contributed by atoms with van der Waals surface area (Å²) >= 11 is 1.77. The zero-order chi connectivity index (χ0) is 15.1. The lowest BCUT2D eigenvalue weighted by atomic mass is 9.77. The van der Waals surface area contributed by atoms with Gasteiger partial charge >= 0.3 is 5.97 Å². The summed E-state index contributed by atoms with van der Waals surface area (Å²) in [7, 11) is 0. The molecule has 1 N–H and O–H groups in total. The lowest BCUT2D eigenvalue weighted by Gasteiger charge is -2.26. The van der Waals surface area contributed by atoms with Gasteiger partial charge < -0.3 is 9.63 Å². The van der Waals surface area contributed by atoms with Crippen molar-refractivity contribution in [1.29, 1.82) is 0 Å². The lowest BCUT2D eigenvalue weighted by Crippen LogP contribution is -2.33. The van der Waals surface area contributed by atoms with E-state index in [0.717, 1.165) is 43.6 Å². The number of nitrogens with zero attached hydrogens (tertiary/aromatic N) is 2. The van der Waals surface area contributed by atoms with Crippen LogP contribution in [-0.2, 0) is 17.0 Å². The second-order valence-corrected chi connectivity index (χ2v) is 6.94. The van der Waals surface area contributed by atoms with Gasteiger partial charge in [-0.1, -0.05) is 37.8 Å². The molecule has 1 aliphatic rings. The van der Waals surface area contributed by atoms with Gasteiger partial charge in [-0.15, -0.1) is 0 Å². The maximum Gasteiger partial charge on any atom is 0.310 e. The third-order valence-corrected chi connectivity index (χ3v) is 5.25. The van der Waals surface area contributed by atoms with E-state index < -0.39 is 11.4 Å². The molecule has 0 aliphatic heterocycles. The minimum atomic E-state index is -0.718. The van der Waals surface area contributed by atoms with Gasteiger partial charge in [0.2, 0.25) is 5.89 Å². The SMILES string of the molecule is CCCSCc1noc(CC2(C(=O)O)CCCCCC2)n1. The second kappa shape index (κ2) is 7.82. The molecule has 0 unspecified atom stereocenters. The summed E-state index contributed by atoms with van der Waals surface area (Å²) in [6, 6.07) is 0. The van der Waals surface area contributed by atoms with Crippen LogP contribution >= 0.6 is 11.8 Å². The van der Waals surface area contributed by atoms with E-state index in [2.05, 4.69) is 17.1 Å². The van der Waals surface area contributed by atoms with E-state index in [1.54, 1.807) is 11.8 Å². The summed E-state index contributed by atoms with van der Waals surface area (Å²) in [4.78, 5) is 16.1. The van der Waals surface area contributed by atoms with E-state index in [0.29, 0.717) is 31.0 Å². The molecule has 1 aliphatic carbocycles. The Kier molecular flexibility index (Phi) is 6.08. The van der Waals surface area contributed by atoms with E-state index in [9.17, 15) is 9.90 Å². The van der Waals surface area contributed by atoms with Crippen molar-refractivity contribution in [1.82, 2.24) is 10.1 Å². The third kappa shape index (κ3) is 4.46. The van der Waals surface area contributed by atoms with E-state index in [-0.39, 0.29) is 0 Å². The van der Waals surface area contributed by atoms with Gasteiger partial charge in [0.25, 0.3) is 0 Å². The summed E-state index contributed by atoms with van der Waals surface area (Å²) < 4.78 is 5.28. The van der Waals surface area contributed by atoms with Crippen LogP contribution in [0.1, 0.15) is 63.6 Å². The molecule has 21 heavy (non-hydrogen) atoms. The Bertz CT molecular complexity index is 454. The molecule has 1 saturated carbocycles. The van der Waals surface area contributed by atoms with Crippen LogP contribution in [0.5, 0.6) is 0 Å². The Hall–Kier alpha value is -1.04. The van der Waals surface area contributed by atoms with Gasteiger partial charge in [0.15, 0.2) is 5.82 Å². The van der Waals surface area contributed by atoms with Crippen LogP contribution in [0.3, 0.4) is 0 Å². The van der Waals surface area contributed by atoms with Crippen LogP contribution in [0.25, 0.3) is 0 Å². The minimum Gasteiger partial charge on any atom is -0.481 e. The Labute approximate surface area is 129 Å². The smallest absolute Gasteiger partial charge is 0.310 e. The molecule has 1 heterocycles. The zero-order valence-corrected chi connectivity index (χ0v) is 13.5. The van der Waals surface area contributed by atoms with Crippen molar-refractivity contribution < 1.29 is 14.4 Å². The van der Waals surface area contributed by atoms with Crippen molar-refractivity contribution in [2.75, 3.05) is 5.75 Å². The predicted octanol–water partition coefficient (Wildman–Crippen LogP) is 3.68. The molecule has 1 aromatic heterocycles. The van der Waals surface area contributed by atoms with E-state index >= 15 is 0 Å². The fraction of sp³-hybridized carbons (Fsp3) is 0.800. The molecule has 0 bridgehead atoms. The summed E-state index contributed by atoms with van der Waals surface area (Å²) in [5.74, 6) is 2.24. The molecule has 0 saturated heterocycles. The first-order chi connectivity index (χ1) is 10.2. The Morgan fingerprint density at radius 1 is 1.33 bits per heavy atom. The highest BCUT2D eigenvalue weighted by atomic mass is 32.2. The maximum atomic E-state index is 11.8. The number of aliphatic carboxylic acids is 1. The first-order valence-corrected chi connectivity index (χ1v) is 8.94. The zero-order valence-electron chi connectivity index (χ0n) is 12.6. The molecule has 1 aromatic rings. The van der Waals surface area contributed by atoms with Gasteiger partial charge in [-0.3, -0.25) is 4.79 Å². The summed E-state index contributed by atoms with van der Waals surface area (Å²) in [5, 5.41) is 13.6. The van der Waals surface area contributed by atoms with Gasteiger partial charge in [0, 0.05) is 6.42 Å². The van der Waals surface area contributed by atoms with E-state index in [4.69, 9.17) is 4.52 Å². The molecule has 0 atom stereocenters. The van der Waals surface area contributed by atoms with Gasteiger partial charge in [0.1, 0.15) is 0 Å². The summed E-state index contributed by atoms with van der Waals surface area (Å²) in [6.45, 7) is 2.14. The van der Waals surface area contributed by atoms with Crippen molar-refractivity contribution in [2.24, 2.45) is 5.41 Å². The van der Waals surface area contributed by atoms with Crippen molar-refractivity contribution in [3.8, 4) is 0 Å². The highest BCUT2D eigenvalue weighted by molar-refractivity contribution is 7.98. The number of aromatic nitrogens is 2. The fourth-order valence-corrected chi connectivity index (χ4v) is 3.62. The van der Waals surface area contributed by atoms with Gasteiger partial charge in [0.05, 0.1) is 11.2 Å². The Balaban J connectivity index is 2.01. The molecular weight excluding hydrogens is 288 g/mol. The molecule has 118 valence electrons. The normalized spacial score (nSPS) is 18.3. The quantitative estimate of drug-likeness (QED) is 0.611. The van der Waals surface area contributed by atoms with Crippen LogP contribution in [0.15, 0.2) is 4.52 Å². The van der Waals surface area contributed by atoms with Crippen LogP contribution in [0.2, 0.25) is 0 Å². The van der Waals surface area contributed by atoms with Gasteiger partial charge in [-0.05, 0) is 25.0 Å². The fourth-order valence-electron chi connectivity index (χ4n) is 2.89. The highest BCUT2D eigenvalue weighted by Crippen LogP contribution is 2.38. The van der Waals surface area contributed by atoms with Crippen LogP contribution in [0, 0.1) is 5.41 Å². The number of hydrogen-bond acceptors (Lipinski definition) is 5. The molecule has 6 heteroatoms. The molecule has 2 rings (SSSR count). The monoisotopic (exact) mass is 312 g/mol. The number of carboxylic acids is 1. The summed E-state index contributed by atoms with van der Waals surface area (Å²) in [6.07, 6.45) is 7.11. The molecule has 0 aromatic carbocycles. The second-order valence-electron chi connectivity index (χ2n) is 5.83. The molecular formula is C15H24N2O3S. The van der Waals surface area contributed by atoms with Crippen molar-refractivity contribution >= 4 is 17.7 Å². The van der Waals surface area contributed by atoms with Crippen LogP contribution in [-0.4, -0.2) is 27.0 Å². The average molecular weight is 312 g/mol. The molecule has 0 amide bonds. The number of thioether (sulfide) groups is 1. The molecule has 1 fully saturated rings. The maximum absolute atomic E-state index is 11.8. The largest absolute Gasteiger partial charge is 0.481 e. The first kappa shape index (κ1) is 16.3. The van der Waals surface area contributed by atoms with Gasteiger partial charge in [-0.25, -0.2) is 0 Å². The van der Waals surface area contributed by atoms with Crippen LogP contribution < -0.4 is 0 Å². The number of carboxylic acid groups (broad SMARTS) is 1. The van der Waals surface area contributed by atoms with Crippen molar-refractivity contribution in [3.63, 3.8) is 0 Å². The molecule has 0 radical (unpaired) electrons. The van der Waals surface area contributed by atoms with Crippen molar-refractivity contribution in [3.05, 3.63) is 11.7 Å². The molecule has 5 nitrogen and oxygen atoms in total. The average Bonchev–Trinajstić information content (AvgIpc) is 2.75. The highest BCUT2D eigenvalue weighted by Gasteiger charge is 2.40. The van der Waals surface area contributed by atoms with Crippen LogP contribution in [0.4, 0.5) is 0 Å². The van der Waals surface area contributed by atoms with E-state index in [1.165, 1.54) is 0 Å². The Morgan fingerprint density at radius 3 is 2.67 bits per heavy atom. The number of rotatable bonds is 7. The van der Waals surface area contributed by atoms with Gasteiger partial charge in [-0.2, -0.15) is 16.7 Å². The minimum absolute atomic E-state index is 0.369. The standard InChI is InChI=1S/C15H24N2O3S/c1-2-9-21-11-12-16-13(20-17-12)10-15(14(18)19)7-5-3-4-6-8-15/h2-11H2,1H3,(H,18,19).